The molecule has 1 aromatic carbocycles. The number of nitrogens with one attached hydrogen (secondary N) is 1. The van der Waals surface area contributed by atoms with Crippen LogP contribution in [0.1, 0.15) is 9.80 Å². The minimum Gasteiger partial charge on any atom is -0.318 e. The van der Waals surface area contributed by atoms with Crippen LogP contribution in [0.15, 0.2) is 18.2 Å². The van der Waals surface area contributed by atoms with Gasteiger partial charge in [-0.15, -0.1) is 10.2 Å². The average molecular weight is 309 g/mol. The summed E-state index contributed by atoms with van der Waals surface area (Å²) in [6, 6.07) is 4.76. The van der Waals surface area contributed by atoms with Crippen molar-refractivity contribution in [2.45, 2.75) is 0 Å². The molecule has 0 saturated carbocycles. The van der Waals surface area contributed by atoms with Gasteiger partial charge in [-0.25, -0.2) is 0 Å². The van der Waals surface area contributed by atoms with Crippen LogP contribution in [0.3, 0.4) is 0 Å². The zero-order chi connectivity index (χ0) is 12.4. The van der Waals surface area contributed by atoms with Gasteiger partial charge in [0.1, 0.15) is 0 Å². The van der Waals surface area contributed by atoms with Gasteiger partial charge in [0.15, 0.2) is 0 Å². The number of benzene rings is 1. The third-order valence-corrected chi connectivity index (χ3v) is 3.34. The van der Waals surface area contributed by atoms with E-state index in [1.165, 1.54) is 6.07 Å². The zero-order valence-corrected chi connectivity index (χ0v) is 11.2. The average Bonchev–Trinajstić information content (AvgIpc) is 2.69. The summed E-state index contributed by atoms with van der Waals surface area (Å²) in [6.07, 6.45) is 0. The third-order valence-electron chi connectivity index (χ3n) is 1.77. The van der Waals surface area contributed by atoms with E-state index in [-0.39, 0.29) is 9.47 Å². The zero-order valence-electron chi connectivity index (χ0n) is 8.08. The van der Waals surface area contributed by atoms with Crippen LogP contribution in [0, 0.1) is 0 Å². The number of carbonyl (C=O) groups excluding carboxylic acids is 1. The lowest BCUT2D eigenvalue weighted by atomic mass is 10.3. The molecule has 0 bridgehead atoms. The lowest BCUT2D eigenvalue weighted by Crippen LogP contribution is -2.11. The molecule has 1 heterocycles. The number of amides is 1. The molecule has 4 nitrogen and oxygen atoms in total. The minimum atomic E-state index is -0.418. The Morgan fingerprint density at radius 2 is 2.00 bits per heavy atom. The fraction of sp³-hybridized carbons (Fsp3) is 0. The van der Waals surface area contributed by atoms with Crippen LogP contribution in [0.5, 0.6) is 0 Å². The van der Waals surface area contributed by atoms with Crippen molar-refractivity contribution < 1.29 is 4.79 Å². The third kappa shape index (κ3) is 3.07. The Morgan fingerprint density at radius 1 is 1.24 bits per heavy atom. The molecule has 0 unspecified atom stereocenters. The fourth-order valence-electron chi connectivity index (χ4n) is 1.06. The Kier molecular flexibility index (Phi) is 3.83. The van der Waals surface area contributed by atoms with Crippen molar-refractivity contribution in [2.75, 3.05) is 5.32 Å². The van der Waals surface area contributed by atoms with Crippen LogP contribution in [-0.4, -0.2) is 16.1 Å². The van der Waals surface area contributed by atoms with Gasteiger partial charge in [0, 0.05) is 5.02 Å². The quantitative estimate of drug-likeness (QED) is 0.919. The maximum atomic E-state index is 11.7. The number of hydrogen-bond donors (Lipinski definition) is 1. The summed E-state index contributed by atoms with van der Waals surface area (Å²) in [4.78, 5) is 11.7. The lowest BCUT2D eigenvalue weighted by molar-refractivity contribution is 0.102. The van der Waals surface area contributed by atoms with Gasteiger partial charge in [-0.2, -0.15) is 0 Å². The number of carbonyl (C=O) groups is 1. The SMILES string of the molecule is O=C(Nc1ccc(Cl)cc1Cl)c1nnc(Cl)s1. The van der Waals surface area contributed by atoms with Crippen LogP contribution in [0.25, 0.3) is 0 Å². The Labute approximate surface area is 116 Å². The van der Waals surface area contributed by atoms with Crippen molar-refractivity contribution in [3.8, 4) is 0 Å². The molecule has 0 radical (unpaired) electrons. The summed E-state index contributed by atoms with van der Waals surface area (Å²) in [6.45, 7) is 0. The van der Waals surface area contributed by atoms with Crippen molar-refractivity contribution >= 4 is 57.7 Å². The minimum absolute atomic E-state index is 0.168. The van der Waals surface area contributed by atoms with E-state index in [1.54, 1.807) is 12.1 Å². The number of aromatic nitrogens is 2. The largest absolute Gasteiger partial charge is 0.318 e. The molecule has 1 N–H and O–H groups in total. The van der Waals surface area contributed by atoms with Gasteiger partial charge in [-0.1, -0.05) is 34.5 Å². The first-order chi connectivity index (χ1) is 8.06. The Hall–Kier alpha value is -0.880. The second-order valence-corrected chi connectivity index (χ2v) is 5.34. The van der Waals surface area contributed by atoms with Gasteiger partial charge in [0.25, 0.3) is 5.91 Å². The van der Waals surface area contributed by atoms with Gasteiger partial charge in [0.2, 0.25) is 9.47 Å². The normalized spacial score (nSPS) is 10.3. The molecule has 1 amide bonds. The lowest BCUT2D eigenvalue weighted by Gasteiger charge is -2.04. The molecule has 0 atom stereocenters. The van der Waals surface area contributed by atoms with Crippen LogP contribution in [-0.2, 0) is 0 Å². The van der Waals surface area contributed by atoms with Crippen LogP contribution >= 0.6 is 46.1 Å². The number of nitrogens with zero attached hydrogens (tertiary/aromatic N) is 2. The van der Waals surface area contributed by atoms with E-state index in [9.17, 15) is 4.79 Å². The van der Waals surface area contributed by atoms with E-state index in [0.29, 0.717) is 15.7 Å². The molecule has 0 aliphatic heterocycles. The number of rotatable bonds is 2. The first-order valence-corrected chi connectivity index (χ1v) is 6.26. The maximum absolute atomic E-state index is 11.7. The molecular formula is C9H4Cl3N3OS. The van der Waals surface area contributed by atoms with Crippen molar-refractivity contribution in [3.05, 3.63) is 37.7 Å². The molecule has 1 aromatic heterocycles. The Balaban J connectivity index is 2.18. The molecule has 88 valence electrons. The predicted molar refractivity (Wildman–Crippen MR) is 69.3 cm³/mol. The summed E-state index contributed by atoms with van der Waals surface area (Å²) in [5.41, 5.74) is 0.451. The van der Waals surface area contributed by atoms with Crippen LogP contribution < -0.4 is 5.32 Å². The van der Waals surface area contributed by atoms with E-state index in [0.717, 1.165) is 11.3 Å². The molecular weight excluding hydrogens is 305 g/mol. The topological polar surface area (TPSA) is 54.9 Å². The van der Waals surface area contributed by atoms with E-state index in [4.69, 9.17) is 34.8 Å². The van der Waals surface area contributed by atoms with E-state index in [1.807, 2.05) is 0 Å². The Bertz CT molecular complexity index is 572. The highest BCUT2D eigenvalue weighted by atomic mass is 35.5. The molecule has 2 rings (SSSR count). The fourth-order valence-corrected chi connectivity index (χ4v) is 2.24. The molecule has 2 aromatic rings. The number of anilines is 1. The van der Waals surface area contributed by atoms with Gasteiger partial charge >= 0.3 is 0 Å². The second-order valence-electron chi connectivity index (χ2n) is 2.94. The smallest absolute Gasteiger partial charge is 0.286 e. The van der Waals surface area contributed by atoms with Crippen molar-refractivity contribution in [3.63, 3.8) is 0 Å². The molecule has 0 saturated heterocycles. The second kappa shape index (κ2) is 5.18. The van der Waals surface area contributed by atoms with Crippen molar-refractivity contribution in [2.24, 2.45) is 0 Å². The molecule has 17 heavy (non-hydrogen) atoms. The maximum Gasteiger partial charge on any atom is 0.286 e. The molecule has 0 fully saturated rings. The molecule has 0 aliphatic carbocycles. The summed E-state index contributed by atoms with van der Waals surface area (Å²) >= 11 is 18.2. The predicted octanol–water partition coefficient (Wildman–Crippen LogP) is 3.75. The summed E-state index contributed by atoms with van der Waals surface area (Å²) in [5, 5.41) is 10.7. The summed E-state index contributed by atoms with van der Waals surface area (Å²) in [7, 11) is 0. The highest BCUT2D eigenvalue weighted by Gasteiger charge is 2.13. The number of hydrogen-bond acceptors (Lipinski definition) is 4. The molecule has 0 spiro atoms. The molecule has 8 heteroatoms. The van der Waals surface area contributed by atoms with E-state index in [2.05, 4.69) is 15.5 Å². The Morgan fingerprint density at radius 3 is 2.59 bits per heavy atom. The van der Waals surface area contributed by atoms with Crippen molar-refractivity contribution in [1.82, 2.24) is 10.2 Å². The standard InChI is InChI=1S/C9H4Cl3N3OS/c10-4-1-2-6(5(11)3-4)13-7(16)8-14-15-9(12)17-8/h1-3H,(H,13,16). The van der Waals surface area contributed by atoms with Gasteiger partial charge in [-0.05, 0) is 29.8 Å². The summed E-state index contributed by atoms with van der Waals surface area (Å²) < 4.78 is 0.206. The molecule has 0 aliphatic rings. The van der Waals surface area contributed by atoms with Crippen LogP contribution in [0.2, 0.25) is 14.5 Å². The highest BCUT2D eigenvalue weighted by molar-refractivity contribution is 7.17. The first kappa shape index (κ1) is 12.6. The van der Waals surface area contributed by atoms with E-state index >= 15 is 0 Å². The summed E-state index contributed by atoms with van der Waals surface area (Å²) in [5.74, 6) is -0.418. The monoisotopic (exact) mass is 307 g/mol. The van der Waals surface area contributed by atoms with Gasteiger partial charge < -0.3 is 5.32 Å². The van der Waals surface area contributed by atoms with Gasteiger partial charge in [0.05, 0.1) is 10.7 Å². The first-order valence-electron chi connectivity index (χ1n) is 4.31. The van der Waals surface area contributed by atoms with E-state index < -0.39 is 5.91 Å². The van der Waals surface area contributed by atoms with Gasteiger partial charge in [-0.3, -0.25) is 4.79 Å². The number of halogens is 3. The highest BCUT2D eigenvalue weighted by Crippen LogP contribution is 2.26. The van der Waals surface area contributed by atoms with Crippen molar-refractivity contribution in [1.29, 1.82) is 0 Å². The van der Waals surface area contributed by atoms with Crippen LogP contribution in [0.4, 0.5) is 5.69 Å².